The number of nitrogens with zero attached hydrogens (tertiary/aromatic N) is 1. The number of amides is 1. The maximum Gasteiger partial charge on any atom is 0.262 e. The van der Waals surface area contributed by atoms with Gasteiger partial charge in [0.25, 0.3) is 5.91 Å². The van der Waals surface area contributed by atoms with E-state index in [1.165, 1.54) is 19.3 Å². The van der Waals surface area contributed by atoms with E-state index >= 15 is 0 Å². The SMILES string of the molecule is CCCCCC/C(=C\Br)N(C(=O)c1ccccc1)c1ccccc1. The van der Waals surface area contributed by atoms with Gasteiger partial charge in [-0.2, -0.15) is 0 Å². The summed E-state index contributed by atoms with van der Waals surface area (Å²) in [7, 11) is 0. The molecule has 0 aliphatic rings. The van der Waals surface area contributed by atoms with Crippen LogP contribution in [0.5, 0.6) is 0 Å². The lowest BCUT2D eigenvalue weighted by Crippen LogP contribution is -2.30. The van der Waals surface area contributed by atoms with Gasteiger partial charge < -0.3 is 0 Å². The Labute approximate surface area is 153 Å². The van der Waals surface area contributed by atoms with Gasteiger partial charge in [-0.3, -0.25) is 9.69 Å². The van der Waals surface area contributed by atoms with Crippen molar-refractivity contribution in [1.82, 2.24) is 0 Å². The Kier molecular flexibility index (Phi) is 7.76. The molecule has 1 amide bonds. The van der Waals surface area contributed by atoms with E-state index < -0.39 is 0 Å². The van der Waals surface area contributed by atoms with Crippen LogP contribution in [-0.4, -0.2) is 5.91 Å². The van der Waals surface area contributed by atoms with Crippen LogP contribution in [0.2, 0.25) is 0 Å². The molecule has 0 fully saturated rings. The number of rotatable bonds is 8. The lowest BCUT2D eigenvalue weighted by atomic mass is 10.1. The molecule has 3 heteroatoms. The Morgan fingerprint density at radius 2 is 1.58 bits per heavy atom. The van der Waals surface area contributed by atoms with Crippen molar-refractivity contribution in [3.63, 3.8) is 0 Å². The number of carbonyl (C=O) groups excluding carboxylic acids is 1. The molecule has 2 aromatic rings. The maximum absolute atomic E-state index is 13.1. The zero-order valence-electron chi connectivity index (χ0n) is 14.1. The van der Waals surface area contributed by atoms with Crippen molar-refractivity contribution >= 4 is 27.5 Å². The molecule has 0 heterocycles. The molecular formula is C21H24BrNO. The number of hydrogen-bond acceptors (Lipinski definition) is 1. The first-order valence-electron chi connectivity index (χ1n) is 8.51. The molecule has 0 radical (unpaired) electrons. The highest BCUT2D eigenvalue weighted by molar-refractivity contribution is 9.11. The predicted octanol–water partition coefficient (Wildman–Crippen LogP) is 6.54. The lowest BCUT2D eigenvalue weighted by Gasteiger charge is -2.25. The number of carbonyl (C=O) groups is 1. The summed E-state index contributed by atoms with van der Waals surface area (Å²) in [5.41, 5.74) is 2.58. The van der Waals surface area contributed by atoms with E-state index in [1.807, 2.05) is 70.5 Å². The van der Waals surface area contributed by atoms with Gasteiger partial charge in [0, 0.05) is 21.9 Å². The third-order valence-corrected chi connectivity index (χ3v) is 4.47. The van der Waals surface area contributed by atoms with Crippen LogP contribution in [0.1, 0.15) is 49.4 Å². The topological polar surface area (TPSA) is 20.3 Å². The average molecular weight is 386 g/mol. The summed E-state index contributed by atoms with van der Waals surface area (Å²) in [4.78, 5) is 16.8. The van der Waals surface area contributed by atoms with Gasteiger partial charge in [-0.1, -0.05) is 78.5 Å². The van der Waals surface area contributed by atoms with Crippen molar-refractivity contribution < 1.29 is 4.79 Å². The first-order valence-corrected chi connectivity index (χ1v) is 9.43. The molecule has 0 aliphatic heterocycles. The Morgan fingerprint density at radius 1 is 0.958 bits per heavy atom. The summed E-state index contributed by atoms with van der Waals surface area (Å²) in [6.07, 6.45) is 5.57. The highest BCUT2D eigenvalue weighted by atomic mass is 79.9. The smallest absolute Gasteiger partial charge is 0.262 e. The van der Waals surface area contributed by atoms with Crippen LogP contribution in [0.25, 0.3) is 0 Å². The molecule has 2 aromatic carbocycles. The highest BCUT2D eigenvalue weighted by Crippen LogP contribution is 2.26. The minimum absolute atomic E-state index is 0.00277. The molecule has 2 nitrogen and oxygen atoms in total. The number of allylic oxidation sites excluding steroid dienone is 1. The van der Waals surface area contributed by atoms with Crippen LogP contribution in [0.15, 0.2) is 71.3 Å². The van der Waals surface area contributed by atoms with Crippen LogP contribution in [0.4, 0.5) is 5.69 Å². The van der Waals surface area contributed by atoms with Gasteiger partial charge in [0.2, 0.25) is 0 Å². The fraction of sp³-hybridized carbons (Fsp3) is 0.286. The number of unbranched alkanes of at least 4 members (excludes halogenated alkanes) is 3. The first-order chi connectivity index (χ1) is 11.8. The Bertz CT molecular complexity index is 652. The quantitative estimate of drug-likeness (QED) is 0.472. The fourth-order valence-electron chi connectivity index (χ4n) is 2.65. The van der Waals surface area contributed by atoms with Gasteiger partial charge in [0.05, 0.1) is 0 Å². The van der Waals surface area contributed by atoms with Gasteiger partial charge in [-0.25, -0.2) is 0 Å². The molecule has 0 N–H and O–H groups in total. The summed E-state index contributed by atoms with van der Waals surface area (Å²) in [5, 5.41) is 0. The molecular weight excluding hydrogens is 362 g/mol. The summed E-state index contributed by atoms with van der Waals surface area (Å²) < 4.78 is 0. The number of anilines is 1. The van der Waals surface area contributed by atoms with Gasteiger partial charge in [0.15, 0.2) is 0 Å². The van der Waals surface area contributed by atoms with E-state index in [-0.39, 0.29) is 5.91 Å². The molecule has 24 heavy (non-hydrogen) atoms. The van der Waals surface area contributed by atoms with E-state index in [9.17, 15) is 4.79 Å². The van der Waals surface area contributed by atoms with Gasteiger partial charge in [-0.15, -0.1) is 0 Å². The number of hydrogen-bond donors (Lipinski definition) is 0. The summed E-state index contributed by atoms with van der Waals surface area (Å²) in [5.74, 6) is 0.00277. The molecule has 0 saturated carbocycles. The Morgan fingerprint density at radius 3 is 2.17 bits per heavy atom. The Hall–Kier alpha value is -1.87. The largest absolute Gasteiger partial charge is 0.280 e. The number of para-hydroxylation sites is 1. The first kappa shape index (κ1) is 18.5. The van der Waals surface area contributed by atoms with Gasteiger partial charge in [-0.05, 0) is 37.1 Å². The van der Waals surface area contributed by atoms with Gasteiger partial charge in [0.1, 0.15) is 0 Å². The van der Waals surface area contributed by atoms with Crippen molar-refractivity contribution in [3.8, 4) is 0 Å². The molecule has 0 aromatic heterocycles. The van der Waals surface area contributed by atoms with Crippen molar-refractivity contribution in [1.29, 1.82) is 0 Å². The zero-order chi connectivity index (χ0) is 17.2. The van der Waals surface area contributed by atoms with Crippen LogP contribution in [0.3, 0.4) is 0 Å². The van der Waals surface area contributed by atoms with E-state index in [0.29, 0.717) is 5.56 Å². The monoisotopic (exact) mass is 385 g/mol. The normalized spacial score (nSPS) is 11.3. The number of benzene rings is 2. The van der Waals surface area contributed by atoms with Crippen LogP contribution < -0.4 is 4.90 Å². The highest BCUT2D eigenvalue weighted by Gasteiger charge is 2.21. The van der Waals surface area contributed by atoms with E-state index in [2.05, 4.69) is 22.9 Å². The average Bonchev–Trinajstić information content (AvgIpc) is 2.65. The van der Waals surface area contributed by atoms with Crippen molar-refractivity contribution in [2.75, 3.05) is 4.90 Å². The van der Waals surface area contributed by atoms with Crippen molar-refractivity contribution in [3.05, 3.63) is 76.9 Å². The summed E-state index contributed by atoms with van der Waals surface area (Å²) in [6, 6.07) is 19.3. The minimum atomic E-state index is 0.00277. The molecule has 0 unspecified atom stereocenters. The second-order valence-corrected chi connectivity index (χ2v) is 6.21. The van der Waals surface area contributed by atoms with E-state index in [1.54, 1.807) is 0 Å². The standard InChI is InChI=1S/C21H24BrNO/c1-2-3-4-9-16-20(17-22)23(19-14-10-6-11-15-19)21(24)18-12-7-5-8-13-18/h5-8,10-15,17H,2-4,9,16H2,1H3/b20-17+. The second-order valence-electron chi connectivity index (χ2n) is 5.75. The molecule has 0 atom stereocenters. The molecule has 0 bridgehead atoms. The minimum Gasteiger partial charge on any atom is -0.280 e. The van der Waals surface area contributed by atoms with E-state index in [0.717, 1.165) is 24.2 Å². The van der Waals surface area contributed by atoms with Crippen molar-refractivity contribution in [2.45, 2.75) is 39.0 Å². The molecule has 2 rings (SSSR count). The summed E-state index contributed by atoms with van der Waals surface area (Å²) >= 11 is 3.47. The third kappa shape index (κ3) is 5.07. The molecule has 126 valence electrons. The molecule has 0 aliphatic carbocycles. The van der Waals surface area contributed by atoms with Crippen LogP contribution in [-0.2, 0) is 0 Å². The summed E-state index contributed by atoms with van der Waals surface area (Å²) in [6.45, 7) is 2.20. The molecule has 0 spiro atoms. The number of halogens is 1. The van der Waals surface area contributed by atoms with Crippen LogP contribution >= 0.6 is 15.9 Å². The Balaban J connectivity index is 2.27. The molecule has 0 saturated heterocycles. The second kappa shape index (κ2) is 10.1. The predicted molar refractivity (Wildman–Crippen MR) is 105 cm³/mol. The van der Waals surface area contributed by atoms with Gasteiger partial charge >= 0.3 is 0 Å². The van der Waals surface area contributed by atoms with E-state index in [4.69, 9.17) is 0 Å². The van der Waals surface area contributed by atoms with Crippen molar-refractivity contribution in [2.24, 2.45) is 0 Å². The lowest BCUT2D eigenvalue weighted by molar-refractivity contribution is 0.0994. The fourth-order valence-corrected chi connectivity index (χ4v) is 3.08. The zero-order valence-corrected chi connectivity index (χ0v) is 15.7. The van der Waals surface area contributed by atoms with Crippen LogP contribution in [0, 0.1) is 0 Å². The third-order valence-electron chi connectivity index (χ3n) is 3.94. The maximum atomic E-state index is 13.1.